The fraction of sp³-hybridized carbons (Fsp3) is 1.00. The maximum absolute atomic E-state index is 2.47. The van der Waals surface area contributed by atoms with Crippen molar-refractivity contribution < 1.29 is 0 Å². The molecule has 0 N–H and O–H groups in total. The Morgan fingerprint density at radius 2 is 1.15 bits per heavy atom. The fourth-order valence-corrected chi connectivity index (χ4v) is 3.29. The summed E-state index contributed by atoms with van der Waals surface area (Å²) in [6.07, 6.45) is 4.34. The van der Waals surface area contributed by atoms with Gasteiger partial charge in [-0.1, -0.05) is 83.1 Å². The molecule has 0 nitrogen and oxygen atoms in total. The van der Waals surface area contributed by atoms with Gasteiger partial charge >= 0.3 is 0 Å². The van der Waals surface area contributed by atoms with Crippen LogP contribution in [0.15, 0.2) is 0 Å². The van der Waals surface area contributed by atoms with Crippen molar-refractivity contribution in [3.05, 3.63) is 0 Å². The summed E-state index contributed by atoms with van der Waals surface area (Å²) in [5.74, 6) is 3.65. The van der Waals surface area contributed by atoms with Gasteiger partial charge in [0, 0.05) is 0 Å². The Balaban J connectivity index is -0.000000425. The van der Waals surface area contributed by atoms with Crippen LogP contribution in [0.2, 0.25) is 0 Å². The van der Waals surface area contributed by atoms with Gasteiger partial charge in [-0.2, -0.15) is 0 Å². The molecule has 20 heavy (non-hydrogen) atoms. The largest absolute Gasteiger partial charge is 0.0683 e. The molecule has 0 heterocycles. The van der Waals surface area contributed by atoms with E-state index in [-0.39, 0.29) is 0 Å². The lowest BCUT2D eigenvalue weighted by Crippen LogP contribution is -2.36. The minimum absolute atomic E-state index is 0.583. The first-order valence-corrected chi connectivity index (χ1v) is 9.34. The summed E-state index contributed by atoms with van der Waals surface area (Å²) >= 11 is 0. The van der Waals surface area contributed by atoms with Crippen LogP contribution in [0.3, 0.4) is 0 Å². The van der Waals surface area contributed by atoms with Crippen LogP contribution < -0.4 is 0 Å². The molecule has 0 amide bonds. The molecule has 126 valence electrons. The molecule has 0 bridgehead atoms. The van der Waals surface area contributed by atoms with Gasteiger partial charge in [-0.3, -0.25) is 0 Å². The average Bonchev–Trinajstić information content (AvgIpc) is 2.44. The number of rotatable bonds is 2. The van der Waals surface area contributed by atoms with Crippen LogP contribution in [0.25, 0.3) is 0 Å². The second-order valence-corrected chi connectivity index (χ2v) is 6.62. The molecule has 0 saturated heterocycles. The van der Waals surface area contributed by atoms with E-state index < -0.39 is 0 Å². The molecule has 0 heteroatoms. The van der Waals surface area contributed by atoms with Gasteiger partial charge in [-0.05, 0) is 48.3 Å². The third-order valence-corrected chi connectivity index (χ3v) is 4.47. The highest BCUT2D eigenvalue weighted by Gasteiger charge is 2.38. The zero-order valence-electron chi connectivity index (χ0n) is 16.9. The quantitative estimate of drug-likeness (QED) is 0.485. The zero-order chi connectivity index (χ0) is 16.9. The van der Waals surface area contributed by atoms with Gasteiger partial charge in [0.1, 0.15) is 0 Å². The molecule has 0 radical (unpaired) electrons. The second kappa shape index (κ2) is 14.0. The fourth-order valence-electron chi connectivity index (χ4n) is 3.29. The molecular formula is C20H46. The van der Waals surface area contributed by atoms with Gasteiger partial charge in [0.05, 0.1) is 0 Å². The van der Waals surface area contributed by atoms with Crippen molar-refractivity contribution in [2.75, 3.05) is 0 Å². The summed E-state index contributed by atoms with van der Waals surface area (Å²) in [5.41, 5.74) is 0.583. The van der Waals surface area contributed by atoms with Gasteiger partial charge < -0.3 is 0 Å². The number of hydrogen-bond donors (Lipinski definition) is 0. The second-order valence-electron chi connectivity index (χ2n) is 6.62. The molecule has 0 aromatic rings. The van der Waals surface area contributed by atoms with Crippen molar-refractivity contribution in [1.29, 1.82) is 0 Å². The van der Waals surface area contributed by atoms with Crippen molar-refractivity contribution in [3.63, 3.8) is 0 Å². The molecule has 0 aromatic carbocycles. The Morgan fingerprint density at radius 3 is 1.45 bits per heavy atom. The maximum Gasteiger partial charge on any atom is -0.0323 e. The van der Waals surface area contributed by atoms with Crippen LogP contribution in [0.1, 0.15) is 102 Å². The Labute approximate surface area is 132 Å². The Bertz CT molecular complexity index is 176. The van der Waals surface area contributed by atoms with E-state index in [1.54, 1.807) is 0 Å². The summed E-state index contributed by atoms with van der Waals surface area (Å²) in [4.78, 5) is 0. The summed E-state index contributed by atoms with van der Waals surface area (Å²) in [5, 5.41) is 0. The molecule has 1 fully saturated rings. The van der Waals surface area contributed by atoms with Crippen molar-refractivity contribution in [2.24, 2.45) is 29.1 Å². The van der Waals surface area contributed by atoms with Crippen LogP contribution in [-0.4, -0.2) is 0 Å². The molecule has 1 rings (SSSR count). The SMILES string of the molecule is CC.CC.CC.CC(C)C1CCC(C)(C)C(C(C)C)C1. The average molecular weight is 287 g/mol. The first-order chi connectivity index (χ1) is 9.34. The van der Waals surface area contributed by atoms with E-state index in [4.69, 9.17) is 0 Å². The van der Waals surface area contributed by atoms with E-state index >= 15 is 0 Å². The topological polar surface area (TPSA) is 0 Å². The summed E-state index contributed by atoms with van der Waals surface area (Å²) in [6, 6.07) is 0. The minimum Gasteiger partial charge on any atom is -0.0683 e. The van der Waals surface area contributed by atoms with Crippen LogP contribution in [0.5, 0.6) is 0 Å². The van der Waals surface area contributed by atoms with E-state index in [1.807, 2.05) is 41.5 Å². The normalized spacial score (nSPS) is 23.7. The standard InChI is InChI=1S/C14H28.3C2H6/c1-10(2)12-7-8-14(5,6)13(9-12)11(3)4;3*1-2/h10-13H,7-9H2,1-6H3;3*1-2H3. The van der Waals surface area contributed by atoms with E-state index in [1.165, 1.54) is 19.3 Å². The summed E-state index contributed by atoms with van der Waals surface area (Å²) in [6.45, 7) is 26.5. The van der Waals surface area contributed by atoms with Crippen LogP contribution in [0.4, 0.5) is 0 Å². The van der Waals surface area contributed by atoms with Gasteiger partial charge in [0.2, 0.25) is 0 Å². The van der Waals surface area contributed by atoms with Crippen molar-refractivity contribution in [2.45, 2.75) is 102 Å². The smallest absolute Gasteiger partial charge is 0.0323 e. The lowest BCUT2D eigenvalue weighted by atomic mass is 9.60. The molecule has 0 spiro atoms. The lowest BCUT2D eigenvalue weighted by molar-refractivity contribution is 0.0472. The van der Waals surface area contributed by atoms with Gasteiger partial charge in [-0.25, -0.2) is 0 Å². The van der Waals surface area contributed by atoms with Gasteiger partial charge in [0.25, 0.3) is 0 Å². The molecule has 2 unspecified atom stereocenters. The van der Waals surface area contributed by atoms with Gasteiger partial charge in [-0.15, -0.1) is 0 Å². The molecular weight excluding hydrogens is 240 g/mol. The van der Waals surface area contributed by atoms with E-state index in [9.17, 15) is 0 Å². The predicted octanol–water partition coefficient (Wildman–Crippen LogP) is 7.82. The van der Waals surface area contributed by atoms with Crippen LogP contribution >= 0.6 is 0 Å². The minimum atomic E-state index is 0.583. The third-order valence-electron chi connectivity index (χ3n) is 4.47. The highest BCUT2D eigenvalue weighted by molar-refractivity contribution is 4.88. The molecule has 0 aliphatic heterocycles. The summed E-state index contributed by atoms with van der Waals surface area (Å²) < 4.78 is 0. The first kappa shape index (κ1) is 25.0. The third kappa shape index (κ3) is 9.03. The first-order valence-electron chi connectivity index (χ1n) is 9.34. The lowest BCUT2D eigenvalue weighted by Gasteiger charge is -2.45. The van der Waals surface area contributed by atoms with Gasteiger partial charge in [0.15, 0.2) is 0 Å². The van der Waals surface area contributed by atoms with Crippen molar-refractivity contribution in [1.82, 2.24) is 0 Å². The Kier molecular flexibility index (Phi) is 17.4. The molecule has 1 saturated carbocycles. The maximum atomic E-state index is 2.47. The highest BCUT2D eigenvalue weighted by Crippen LogP contribution is 2.48. The number of hydrogen-bond acceptors (Lipinski definition) is 0. The van der Waals surface area contributed by atoms with E-state index in [2.05, 4.69) is 41.5 Å². The van der Waals surface area contributed by atoms with Crippen LogP contribution in [-0.2, 0) is 0 Å². The molecule has 0 aromatic heterocycles. The summed E-state index contributed by atoms with van der Waals surface area (Å²) in [7, 11) is 0. The molecule has 2 atom stereocenters. The predicted molar refractivity (Wildman–Crippen MR) is 98.3 cm³/mol. The Hall–Kier alpha value is 0. The molecule has 1 aliphatic carbocycles. The monoisotopic (exact) mass is 286 g/mol. The van der Waals surface area contributed by atoms with E-state index in [0.717, 1.165) is 23.7 Å². The molecule has 1 aliphatic rings. The van der Waals surface area contributed by atoms with Crippen molar-refractivity contribution >= 4 is 0 Å². The van der Waals surface area contributed by atoms with Crippen LogP contribution in [0, 0.1) is 29.1 Å². The highest BCUT2D eigenvalue weighted by atomic mass is 14.4. The Morgan fingerprint density at radius 1 is 0.750 bits per heavy atom. The van der Waals surface area contributed by atoms with Crippen molar-refractivity contribution in [3.8, 4) is 0 Å². The zero-order valence-corrected chi connectivity index (χ0v) is 16.9. The van der Waals surface area contributed by atoms with E-state index in [0.29, 0.717) is 5.41 Å².